The second-order valence-corrected chi connectivity index (χ2v) is 6.73. The summed E-state index contributed by atoms with van der Waals surface area (Å²) in [6.07, 6.45) is 1.63. The zero-order valence-corrected chi connectivity index (χ0v) is 14.4. The number of ether oxygens (including phenoxy) is 2. The molecule has 2 aliphatic rings. The molecule has 1 N–H and O–H groups in total. The SMILES string of the molecule is O=C(Nc1ccc2c(c1)OCO2)C1CCN(Cc2ccc(F)cc2)CC1. The fourth-order valence-electron chi connectivity index (χ4n) is 3.42. The van der Waals surface area contributed by atoms with Gasteiger partial charge < -0.3 is 14.8 Å². The molecule has 0 aliphatic carbocycles. The molecule has 1 saturated heterocycles. The summed E-state index contributed by atoms with van der Waals surface area (Å²) in [7, 11) is 0. The van der Waals surface area contributed by atoms with E-state index in [1.54, 1.807) is 6.07 Å². The molecule has 2 aromatic rings. The lowest BCUT2D eigenvalue weighted by molar-refractivity contribution is -0.121. The summed E-state index contributed by atoms with van der Waals surface area (Å²) >= 11 is 0. The van der Waals surface area contributed by atoms with Gasteiger partial charge in [0.25, 0.3) is 0 Å². The molecule has 4 rings (SSSR count). The van der Waals surface area contributed by atoms with Crippen molar-refractivity contribution in [3.63, 3.8) is 0 Å². The maximum absolute atomic E-state index is 13.0. The first-order valence-electron chi connectivity index (χ1n) is 8.85. The van der Waals surface area contributed by atoms with Gasteiger partial charge in [-0.05, 0) is 55.8 Å². The number of rotatable bonds is 4. The topological polar surface area (TPSA) is 50.8 Å². The van der Waals surface area contributed by atoms with Gasteiger partial charge in [0.15, 0.2) is 11.5 Å². The Morgan fingerprint density at radius 2 is 1.81 bits per heavy atom. The largest absolute Gasteiger partial charge is 0.454 e. The normalized spacial score (nSPS) is 17.3. The van der Waals surface area contributed by atoms with Crippen LogP contribution >= 0.6 is 0 Å². The van der Waals surface area contributed by atoms with Crippen molar-refractivity contribution in [2.75, 3.05) is 25.2 Å². The number of likely N-dealkylation sites (tertiary alicyclic amines) is 1. The number of nitrogens with zero attached hydrogens (tertiary/aromatic N) is 1. The Kier molecular flexibility index (Phi) is 4.75. The Morgan fingerprint density at radius 1 is 1.08 bits per heavy atom. The maximum atomic E-state index is 13.0. The average Bonchev–Trinajstić information content (AvgIpc) is 3.12. The summed E-state index contributed by atoms with van der Waals surface area (Å²) in [6, 6.07) is 12.0. The number of carbonyl (C=O) groups excluding carboxylic acids is 1. The number of halogens is 1. The Bertz CT molecular complexity index is 786. The summed E-state index contributed by atoms with van der Waals surface area (Å²) < 4.78 is 23.6. The highest BCUT2D eigenvalue weighted by molar-refractivity contribution is 5.93. The lowest BCUT2D eigenvalue weighted by Crippen LogP contribution is -2.37. The van der Waals surface area contributed by atoms with Crippen LogP contribution < -0.4 is 14.8 Å². The summed E-state index contributed by atoms with van der Waals surface area (Å²) in [5, 5.41) is 2.98. The van der Waals surface area contributed by atoms with Gasteiger partial charge in [-0.3, -0.25) is 9.69 Å². The zero-order valence-electron chi connectivity index (χ0n) is 14.4. The van der Waals surface area contributed by atoms with Crippen molar-refractivity contribution in [3.8, 4) is 11.5 Å². The highest BCUT2D eigenvalue weighted by atomic mass is 19.1. The first-order valence-corrected chi connectivity index (χ1v) is 8.85. The molecule has 0 spiro atoms. The summed E-state index contributed by atoms with van der Waals surface area (Å²) in [6.45, 7) is 2.73. The molecule has 26 heavy (non-hydrogen) atoms. The fourth-order valence-corrected chi connectivity index (χ4v) is 3.42. The lowest BCUT2D eigenvalue weighted by Gasteiger charge is -2.31. The monoisotopic (exact) mass is 356 g/mol. The molecule has 2 aliphatic heterocycles. The summed E-state index contributed by atoms with van der Waals surface area (Å²) in [5.74, 6) is 1.21. The van der Waals surface area contributed by atoms with Gasteiger partial charge in [0.1, 0.15) is 5.82 Å². The first-order chi connectivity index (χ1) is 12.7. The number of hydrogen-bond acceptors (Lipinski definition) is 4. The van der Waals surface area contributed by atoms with Gasteiger partial charge in [-0.1, -0.05) is 12.1 Å². The molecular formula is C20H21FN2O3. The third kappa shape index (κ3) is 3.80. The minimum Gasteiger partial charge on any atom is -0.454 e. The summed E-state index contributed by atoms with van der Waals surface area (Å²) in [4.78, 5) is 14.8. The van der Waals surface area contributed by atoms with E-state index in [4.69, 9.17) is 9.47 Å². The second kappa shape index (κ2) is 7.33. The van der Waals surface area contributed by atoms with E-state index >= 15 is 0 Å². The number of benzene rings is 2. The Balaban J connectivity index is 1.28. The predicted octanol–water partition coefficient (Wildman–Crippen LogP) is 3.41. The molecule has 1 fully saturated rings. The number of hydrogen-bond donors (Lipinski definition) is 1. The standard InChI is InChI=1S/C20H21FN2O3/c21-16-3-1-14(2-4-16)12-23-9-7-15(8-10-23)20(24)22-17-5-6-18-19(11-17)26-13-25-18/h1-6,11,15H,7-10,12-13H2,(H,22,24). The lowest BCUT2D eigenvalue weighted by atomic mass is 9.95. The van der Waals surface area contributed by atoms with Gasteiger partial charge in [-0.25, -0.2) is 4.39 Å². The summed E-state index contributed by atoms with van der Waals surface area (Å²) in [5.41, 5.74) is 1.82. The number of anilines is 1. The van der Waals surface area contributed by atoms with Gasteiger partial charge in [0.2, 0.25) is 12.7 Å². The van der Waals surface area contributed by atoms with Crippen LogP contribution in [0.2, 0.25) is 0 Å². The van der Waals surface area contributed by atoms with E-state index in [-0.39, 0.29) is 24.4 Å². The van der Waals surface area contributed by atoms with E-state index < -0.39 is 0 Å². The van der Waals surface area contributed by atoms with Crippen LogP contribution in [0.3, 0.4) is 0 Å². The smallest absolute Gasteiger partial charge is 0.231 e. The number of nitrogens with one attached hydrogen (secondary N) is 1. The van der Waals surface area contributed by atoms with Crippen LogP contribution in [0.25, 0.3) is 0 Å². The predicted molar refractivity (Wildman–Crippen MR) is 95.6 cm³/mol. The Labute approximate surface area is 151 Å². The van der Waals surface area contributed by atoms with E-state index in [0.717, 1.165) is 43.7 Å². The molecule has 0 radical (unpaired) electrons. The van der Waals surface area contributed by atoms with Crippen LogP contribution in [0.4, 0.5) is 10.1 Å². The average molecular weight is 356 g/mol. The van der Waals surface area contributed by atoms with Crippen molar-refractivity contribution in [2.24, 2.45) is 5.92 Å². The molecule has 2 aromatic carbocycles. The van der Waals surface area contributed by atoms with Crippen molar-refractivity contribution in [2.45, 2.75) is 19.4 Å². The van der Waals surface area contributed by atoms with Gasteiger partial charge in [0, 0.05) is 24.2 Å². The minimum atomic E-state index is -0.215. The van der Waals surface area contributed by atoms with Gasteiger partial charge in [0.05, 0.1) is 0 Å². The van der Waals surface area contributed by atoms with Crippen LogP contribution in [0.1, 0.15) is 18.4 Å². The van der Waals surface area contributed by atoms with E-state index in [1.807, 2.05) is 24.3 Å². The van der Waals surface area contributed by atoms with Gasteiger partial charge >= 0.3 is 0 Å². The zero-order chi connectivity index (χ0) is 17.9. The molecule has 0 bridgehead atoms. The van der Waals surface area contributed by atoms with E-state index in [2.05, 4.69) is 10.2 Å². The molecule has 136 valence electrons. The maximum Gasteiger partial charge on any atom is 0.231 e. The third-order valence-corrected chi connectivity index (χ3v) is 4.92. The van der Waals surface area contributed by atoms with Crippen molar-refractivity contribution >= 4 is 11.6 Å². The van der Waals surface area contributed by atoms with Crippen molar-refractivity contribution < 1.29 is 18.7 Å². The highest BCUT2D eigenvalue weighted by Gasteiger charge is 2.25. The highest BCUT2D eigenvalue weighted by Crippen LogP contribution is 2.34. The Morgan fingerprint density at radius 3 is 2.58 bits per heavy atom. The van der Waals surface area contributed by atoms with Crippen molar-refractivity contribution in [1.82, 2.24) is 4.90 Å². The van der Waals surface area contributed by atoms with E-state index in [9.17, 15) is 9.18 Å². The van der Waals surface area contributed by atoms with Crippen LogP contribution in [-0.2, 0) is 11.3 Å². The first kappa shape index (κ1) is 16.8. The fraction of sp³-hybridized carbons (Fsp3) is 0.350. The van der Waals surface area contributed by atoms with Crippen LogP contribution in [0.15, 0.2) is 42.5 Å². The minimum absolute atomic E-state index is 0.00453. The van der Waals surface area contributed by atoms with E-state index in [1.165, 1.54) is 12.1 Å². The van der Waals surface area contributed by atoms with Crippen LogP contribution in [0, 0.1) is 11.7 Å². The molecular weight excluding hydrogens is 335 g/mol. The molecule has 5 nitrogen and oxygen atoms in total. The van der Waals surface area contributed by atoms with Gasteiger partial charge in [-0.2, -0.15) is 0 Å². The van der Waals surface area contributed by atoms with Crippen molar-refractivity contribution in [3.05, 3.63) is 53.8 Å². The third-order valence-electron chi connectivity index (χ3n) is 4.92. The molecule has 6 heteroatoms. The Hall–Kier alpha value is -2.60. The quantitative estimate of drug-likeness (QED) is 0.912. The number of piperidine rings is 1. The van der Waals surface area contributed by atoms with E-state index in [0.29, 0.717) is 11.5 Å². The van der Waals surface area contributed by atoms with Crippen molar-refractivity contribution in [1.29, 1.82) is 0 Å². The van der Waals surface area contributed by atoms with Crippen LogP contribution in [0.5, 0.6) is 11.5 Å². The molecule has 0 aromatic heterocycles. The van der Waals surface area contributed by atoms with Crippen LogP contribution in [-0.4, -0.2) is 30.7 Å². The molecule has 2 heterocycles. The molecule has 0 atom stereocenters. The number of fused-ring (bicyclic) bond motifs is 1. The molecule has 0 saturated carbocycles. The number of amides is 1. The van der Waals surface area contributed by atoms with Gasteiger partial charge in [-0.15, -0.1) is 0 Å². The molecule has 1 amide bonds. The second-order valence-electron chi connectivity index (χ2n) is 6.73. The molecule has 0 unspecified atom stereocenters. The number of carbonyl (C=O) groups is 1.